The number of carbonyl (C=O) groups excluding carboxylic acids is 4. The molecule has 6 rings (SSSR count). The van der Waals surface area contributed by atoms with Crippen LogP contribution in [0.25, 0.3) is 0 Å². The van der Waals surface area contributed by atoms with Gasteiger partial charge in [-0.2, -0.15) is 0 Å². The van der Waals surface area contributed by atoms with E-state index in [9.17, 15) is 29.3 Å². The molecule has 2 amide bonds. The highest BCUT2D eigenvalue weighted by Crippen LogP contribution is 2.57. The second-order valence-electron chi connectivity index (χ2n) is 9.12. The minimum absolute atomic E-state index is 0.148. The quantitative estimate of drug-likeness (QED) is 0.301. The zero-order valence-electron chi connectivity index (χ0n) is 17.7. The van der Waals surface area contributed by atoms with Gasteiger partial charge in [0.25, 0.3) is 5.69 Å². The molecule has 3 saturated heterocycles. The van der Waals surface area contributed by atoms with Gasteiger partial charge in [0, 0.05) is 29.3 Å². The normalized spacial score (nSPS) is 27.4. The van der Waals surface area contributed by atoms with Gasteiger partial charge in [-0.15, -0.1) is 0 Å². The summed E-state index contributed by atoms with van der Waals surface area (Å²) in [6.45, 7) is 2.07. The molecule has 0 radical (unpaired) electrons. The first-order valence-corrected chi connectivity index (χ1v) is 10.9. The summed E-state index contributed by atoms with van der Waals surface area (Å²) in [6, 6.07) is 10.1. The lowest BCUT2D eigenvalue weighted by Crippen LogP contribution is -2.59. The van der Waals surface area contributed by atoms with E-state index in [-0.39, 0.29) is 17.4 Å². The van der Waals surface area contributed by atoms with Gasteiger partial charge in [0.15, 0.2) is 17.1 Å². The summed E-state index contributed by atoms with van der Waals surface area (Å²) in [7, 11) is 0. The summed E-state index contributed by atoms with van der Waals surface area (Å²) in [5.41, 5.74) is -0.620. The van der Waals surface area contributed by atoms with Gasteiger partial charge in [0.1, 0.15) is 0 Å². The van der Waals surface area contributed by atoms with Gasteiger partial charge >= 0.3 is 0 Å². The van der Waals surface area contributed by atoms with Crippen LogP contribution in [-0.4, -0.2) is 51.3 Å². The van der Waals surface area contributed by atoms with E-state index >= 15 is 0 Å². The SMILES string of the molecule is Cc1cc([N+](=O)[O-])ccc1N1C(=O)[C@@H]2[C@H]3CCCN3C3(C(=O)c4ccccc4C3=O)[C@@H]2C1=O. The summed E-state index contributed by atoms with van der Waals surface area (Å²) in [5, 5.41) is 11.1. The predicted molar refractivity (Wildman–Crippen MR) is 115 cm³/mol. The van der Waals surface area contributed by atoms with Crippen molar-refractivity contribution in [2.45, 2.75) is 31.3 Å². The predicted octanol–water partition coefficient (Wildman–Crippen LogP) is 2.30. The maximum absolute atomic E-state index is 13.8. The number of nitro groups is 1. The van der Waals surface area contributed by atoms with Crippen LogP contribution in [0.15, 0.2) is 42.5 Å². The molecular formula is C24H19N3O6. The van der Waals surface area contributed by atoms with E-state index in [0.717, 1.165) is 11.3 Å². The lowest BCUT2D eigenvalue weighted by Gasteiger charge is -2.35. The van der Waals surface area contributed by atoms with Crippen LogP contribution in [0.1, 0.15) is 39.1 Å². The van der Waals surface area contributed by atoms with Crippen molar-refractivity contribution in [2.75, 3.05) is 11.4 Å². The summed E-state index contributed by atoms with van der Waals surface area (Å²) < 4.78 is 0. The molecule has 2 aromatic rings. The van der Waals surface area contributed by atoms with Crippen molar-refractivity contribution in [3.63, 3.8) is 0 Å². The Morgan fingerprint density at radius 1 is 1.00 bits per heavy atom. The van der Waals surface area contributed by atoms with Gasteiger partial charge in [-0.3, -0.25) is 34.2 Å². The largest absolute Gasteiger partial charge is 0.291 e. The Bertz CT molecular complexity index is 1280. The molecule has 3 fully saturated rings. The first-order chi connectivity index (χ1) is 15.8. The summed E-state index contributed by atoms with van der Waals surface area (Å²) >= 11 is 0. The van der Waals surface area contributed by atoms with E-state index in [2.05, 4.69) is 0 Å². The molecule has 4 aliphatic rings. The molecule has 0 N–H and O–H groups in total. The Labute approximate surface area is 188 Å². The molecule has 2 aromatic carbocycles. The molecular weight excluding hydrogens is 426 g/mol. The second kappa shape index (κ2) is 6.41. The third-order valence-corrected chi connectivity index (χ3v) is 7.71. The zero-order valence-corrected chi connectivity index (χ0v) is 17.7. The Morgan fingerprint density at radius 3 is 2.27 bits per heavy atom. The van der Waals surface area contributed by atoms with Crippen molar-refractivity contribution < 1.29 is 24.1 Å². The van der Waals surface area contributed by atoms with Crippen LogP contribution in [-0.2, 0) is 9.59 Å². The van der Waals surface area contributed by atoms with Gasteiger partial charge in [-0.25, -0.2) is 4.90 Å². The number of carbonyl (C=O) groups is 4. The number of imide groups is 1. The molecule has 9 nitrogen and oxygen atoms in total. The van der Waals surface area contributed by atoms with Crippen LogP contribution >= 0.6 is 0 Å². The number of rotatable bonds is 2. The summed E-state index contributed by atoms with van der Waals surface area (Å²) in [5.74, 6) is -3.79. The number of nitro benzene ring substituents is 1. The number of aryl methyl sites for hydroxylation is 1. The molecule has 1 spiro atoms. The number of ketones is 2. The van der Waals surface area contributed by atoms with E-state index in [1.54, 1.807) is 31.2 Å². The number of anilines is 1. The van der Waals surface area contributed by atoms with E-state index < -0.39 is 45.7 Å². The first-order valence-electron chi connectivity index (χ1n) is 10.9. The number of hydrogen-bond donors (Lipinski definition) is 0. The molecule has 9 heteroatoms. The maximum Gasteiger partial charge on any atom is 0.269 e. The number of non-ortho nitro benzene ring substituents is 1. The average molecular weight is 445 g/mol. The minimum Gasteiger partial charge on any atom is -0.291 e. The number of benzene rings is 2. The van der Waals surface area contributed by atoms with Crippen LogP contribution in [0.3, 0.4) is 0 Å². The average Bonchev–Trinajstić information content (AvgIpc) is 3.49. The highest BCUT2D eigenvalue weighted by molar-refractivity contribution is 6.37. The van der Waals surface area contributed by atoms with Crippen molar-refractivity contribution in [2.24, 2.45) is 11.8 Å². The van der Waals surface area contributed by atoms with Crippen molar-refractivity contribution in [1.82, 2.24) is 4.90 Å². The molecule has 3 heterocycles. The van der Waals surface area contributed by atoms with E-state index in [0.29, 0.717) is 29.7 Å². The van der Waals surface area contributed by atoms with Crippen molar-refractivity contribution in [3.8, 4) is 0 Å². The van der Waals surface area contributed by atoms with Crippen LogP contribution in [0.4, 0.5) is 11.4 Å². The molecule has 0 aromatic heterocycles. The van der Waals surface area contributed by atoms with Gasteiger partial charge in [-0.05, 0) is 37.9 Å². The van der Waals surface area contributed by atoms with E-state index in [4.69, 9.17) is 0 Å². The van der Waals surface area contributed by atoms with Crippen molar-refractivity contribution >= 4 is 34.8 Å². The third kappa shape index (κ3) is 2.20. The fourth-order valence-corrected chi connectivity index (χ4v) is 6.48. The van der Waals surface area contributed by atoms with Gasteiger partial charge in [0.05, 0.1) is 22.4 Å². The third-order valence-electron chi connectivity index (χ3n) is 7.71. The van der Waals surface area contributed by atoms with Crippen molar-refractivity contribution in [1.29, 1.82) is 0 Å². The van der Waals surface area contributed by atoms with Gasteiger partial charge in [-0.1, -0.05) is 24.3 Å². The number of nitrogens with zero attached hydrogens (tertiary/aromatic N) is 3. The Kier molecular flexibility index (Phi) is 3.87. The summed E-state index contributed by atoms with van der Waals surface area (Å²) in [4.78, 5) is 68.5. The maximum atomic E-state index is 13.8. The topological polar surface area (TPSA) is 118 Å². The van der Waals surface area contributed by atoms with E-state index in [1.165, 1.54) is 18.2 Å². The minimum atomic E-state index is -1.70. The number of Topliss-reactive ketones (excluding diaryl/α,β-unsaturated/α-hetero) is 2. The molecule has 3 atom stereocenters. The Hall–Kier alpha value is -3.72. The van der Waals surface area contributed by atoms with Gasteiger partial charge < -0.3 is 0 Å². The van der Waals surface area contributed by atoms with Crippen LogP contribution < -0.4 is 4.90 Å². The van der Waals surface area contributed by atoms with Crippen molar-refractivity contribution in [3.05, 3.63) is 69.3 Å². The number of hydrogen-bond acceptors (Lipinski definition) is 7. The Morgan fingerprint density at radius 2 is 1.67 bits per heavy atom. The lowest BCUT2D eigenvalue weighted by atomic mass is 9.76. The van der Waals surface area contributed by atoms with Crippen LogP contribution in [0.5, 0.6) is 0 Å². The molecule has 166 valence electrons. The zero-order chi connectivity index (χ0) is 23.2. The standard InChI is InChI=1S/C24H19N3O6/c1-12-11-13(27(32)33)8-9-16(12)26-22(30)18-17-7-4-10-25(17)24(19(18)23(26)31)20(28)14-5-2-3-6-15(14)21(24)29/h2-3,5-6,8-9,11,17-19H,4,7,10H2,1H3/t17-,18-,19+/m1/s1. The number of amides is 2. The molecule has 3 aliphatic heterocycles. The highest BCUT2D eigenvalue weighted by atomic mass is 16.6. The smallest absolute Gasteiger partial charge is 0.269 e. The fourth-order valence-electron chi connectivity index (χ4n) is 6.48. The summed E-state index contributed by atoms with van der Waals surface area (Å²) in [6.07, 6.45) is 1.34. The molecule has 0 unspecified atom stereocenters. The highest BCUT2D eigenvalue weighted by Gasteiger charge is 2.76. The fraction of sp³-hybridized carbons (Fsp3) is 0.333. The second-order valence-corrected chi connectivity index (χ2v) is 9.12. The molecule has 33 heavy (non-hydrogen) atoms. The number of fused-ring (bicyclic) bond motifs is 6. The lowest BCUT2D eigenvalue weighted by molar-refractivity contribution is -0.384. The molecule has 1 aliphatic carbocycles. The molecule has 0 bridgehead atoms. The Balaban J connectivity index is 1.51. The van der Waals surface area contributed by atoms with Crippen LogP contribution in [0, 0.1) is 28.9 Å². The van der Waals surface area contributed by atoms with E-state index in [1.807, 2.05) is 4.90 Å². The van der Waals surface area contributed by atoms with Gasteiger partial charge in [0.2, 0.25) is 11.8 Å². The first kappa shape index (κ1) is 19.9. The van der Waals surface area contributed by atoms with Crippen LogP contribution in [0.2, 0.25) is 0 Å². The molecule has 0 saturated carbocycles. The monoisotopic (exact) mass is 445 g/mol.